The highest BCUT2D eigenvalue weighted by molar-refractivity contribution is 7.92. The minimum absolute atomic E-state index is 0.0103. The zero-order chi connectivity index (χ0) is 40.1. The van der Waals surface area contributed by atoms with Gasteiger partial charge < -0.3 is 35.3 Å². The number of hydrogen-bond donors (Lipinski definition) is 3. The fraction of sp³-hybridized carbons (Fsp3) is 0.333. The van der Waals surface area contributed by atoms with E-state index in [-0.39, 0.29) is 40.5 Å². The third-order valence-electron chi connectivity index (χ3n) is 8.76. The van der Waals surface area contributed by atoms with E-state index in [9.17, 15) is 31.2 Å². The largest absolute Gasteiger partial charge is 0.493 e. The molecule has 0 unspecified atom stereocenters. The molecule has 2 heterocycles. The van der Waals surface area contributed by atoms with Crippen molar-refractivity contribution >= 4 is 50.0 Å². The molecule has 0 spiro atoms. The first-order valence-electron chi connectivity index (χ1n) is 16.2. The topological polar surface area (TPSA) is 187 Å². The van der Waals surface area contributed by atoms with Gasteiger partial charge in [-0.1, -0.05) is 18.2 Å². The standard InChI is InChI=1S/C34H37FN4O7S.C2HF3O2/c1-19(2)47(42,43)29-9-7-6-8-23(29)31-24(34(41)46-5)13-15-39(31)33(40)30(25-17-27(44-3)28(45-4)18-26(25)35)38-21-10-11-22-20(16-21)12-14-37-32(22)36;3-2(4,5)1(6)7/h6-12,14,16-19,24,30-31,38H,13,15H2,1-5H3,(H2,36,37);(H,6,7)/t24-,30+,31-;/m0./s1. The minimum atomic E-state index is -5.08. The van der Waals surface area contributed by atoms with Gasteiger partial charge in [0.15, 0.2) is 21.3 Å². The van der Waals surface area contributed by atoms with E-state index in [0.29, 0.717) is 16.9 Å². The molecule has 0 bridgehead atoms. The second kappa shape index (κ2) is 16.6. The van der Waals surface area contributed by atoms with Crippen LogP contribution in [0.15, 0.2) is 71.8 Å². The molecule has 1 saturated heterocycles. The molecular formula is C36H38F4N4O9S. The van der Waals surface area contributed by atoms with E-state index >= 15 is 4.39 Å². The number of methoxy groups -OCH3 is 3. The number of nitrogens with zero attached hydrogens (tertiary/aromatic N) is 2. The van der Waals surface area contributed by atoms with E-state index in [1.165, 1.54) is 38.4 Å². The molecule has 1 fully saturated rings. The third-order valence-corrected chi connectivity index (χ3v) is 11.0. The van der Waals surface area contributed by atoms with E-state index in [1.54, 1.807) is 62.5 Å². The molecule has 0 aliphatic carbocycles. The lowest BCUT2D eigenvalue weighted by atomic mass is 9.93. The Morgan fingerprint density at radius 1 is 1.00 bits per heavy atom. The summed E-state index contributed by atoms with van der Waals surface area (Å²) in [6, 6.07) is 13.4. The summed E-state index contributed by atoms with van der Waals surface area (Å²) < 4.78 is 90.5. The number of ether oxygens (including phenoxy) is 3. The van der Waals surface area contributed by atoms with E-state index in [4.69, 9.17) is 29.8 Å². The molecule has 0 radical (unpaired) electrons. The Morgan fingerprint density at radius 2 is 1.63 bits per heavy atom. The molecule has 0 saturated carbocycles. The van der Waals surface area contributed by atoms with Gasteiger partial charge in [-0.2, -0.15) is 13.2 Å². The van der Waals surface area contributed by atoms with E-state index < -0.39 is 62.9 Å². The summed E-state index contributed by atoms with van der Waals surface area (Å²) in [6.45, 7) is 3.20. The van der Waals surface area contributed by atoms with Crippen molar-refractivity contribution in [2.75, 3.05) is 38.9 Å². The highest BCUT2D eigenvalue weighted by Gasteiger charge is 2.47. The number of likely N-dealkylation sites (tertiary alicyclic amines) is 1. The van der Waals surface area contributed by atoms with Gasteiger partial charge in [0.05, 0.1) is 43.4 Å². The second-order valence-corrected chi connectivity index (χ2v) is 14.7. The van der Waals surface area contributed by atoms with Crippen LogP contribution in [0.2, 0.25) is 0 Å². The number of alkyl halides is 3. The lowest BCUT2D eigenvalue weighted by Gasteiger charge is -2.33. The number of esters is 1. The van der Waals surface area contributed by atoms with E-state index in [2.05, 4.69) is 10.3 Å². The number of fused-ring (bicyclic) bond motifs is 1. The van der Waals surface area contributed by atoms with Gasteiger partial charge >= 0.3 is 18.1 Å². The number of carboxylic acid groups (broad SMARTS) is 1. The van der Waals surface area contributed by atoms with Crippen molar-refractivity contribution in [2.45, 2.75) is 48.7 Å². The predicted octanol–water partition coefficient (Wildman–Crippen LogP) is 5.70. The number of benzene rings is 3. The zero-order valence-corrected chi connectivity index (χ0v) is 30.5. The lowest BCUT2D eigenvalue weighted by molar-refractivity contribution is -0.192. The molecule has 5 rings (SSSR count). The van der Waals surface area contributed by atoms with Crippen molar-refractivity contribution in [1.29, 1.82) is 0 Å². The van der Waals surface area contributed by atoms with Gasteiger partial charge in [0.25, 0.3) is 0 Å². The number of nitrogens with one attached hydrogen (secondary N) is 1. The Labute approximate surface area is 307 Å². The molecule has 1 aliphatic heterocycles. The number of anilines is 2. The number of halogens is 4. The van der Waals surface area contributed by atoms with Gasteiger partial charge in [0, 0.05) is 35.4 Å². The summed E-state index contributed by atoms with van der Waals surface area (Å²) in [4.78, 5) is 42.4. The van der Waals surface area contributed by atoms with Crippen LogP contribution in [0.3, 0.4) is 0 Å². The number of carboxylic acids is 1. The summed E-state index contributed by atoms with van der Waals surface area (Å²) >= 11 is 0. The maximum atomic E-state index is 15.9. The van der Waals surface area contributed by atoms with Gasteiger partial charge in [-0.3, -0.25) is 9.59 Å². The zero-order valence-electron chi connectivity index (χ0n) is 29.7. The van der Waals surface area contributed by atoms with Crippen LogP contribution in [-0.2, 0) is 29.0 Å². The first-order chi connectivity index (χ1) is 25.4. The molecule has 290 valence electrons. The van der Waals surface area contributed by atoms with Crippen LogP contribution in [0.5, 0.6) is 11.5 Å². The summed E-state index contributed by atoms with van der Waals surface area (Å²) in [5.74, 6) is -4.91. The Bertz CT molecular complexity index is 2150. The number of aromatic nitrogens is 1. The summed E-state index contributed by atoms with van der Waals surface area (Å²) in [7, 11) is 0.183. The number of nitrogens with two attached hydrogens (primary N) is 1. The molecule has 4 aromatic rings. The van der Waals surface area contributed by atoms with E-state index in [0.717, 1.165) is 11.5 Å². The average Bonchev–Trinajstić information content (AvgIpc) is 3.58. The number of nitrogen functional groups attached to an aromatic ring is 1. The van der Waals surface area contributed by atoms with Crippen LogP contribution in [0.4, 0.5) is 29.1 Å². The number of aliphatic carboxylic acids is 1. The molecule has 18 heteroatoms. The Balaban J connectivity index is 0.000000845. The number of carbonyl (C=O) groups is 3. The quantitative estimate of drug-likeness (QED) is 0.132. The molecule has 1 amide bonds. The van der Waals surface area contributed by atoms with Crippen molar-refractivity contribution in [3.05, 3.63) is 83.8 Å². The van der Waals surface area contributed by atoms with Crippen molar-refractivity contribution in [1.82, 2.24) is 9.88 Å². The normalized spacial score (nSPS) is 16.3. The monoisotopic (exact) mass is 778 g/mol. The molecule has 13 nitrogen and oxygen atoms in total. The van der Waals surface area contributed by atoms with E-state index in [1.807, 2.05) is 0 Å². The van der Waals surface area contributed by atoms with Gasteiger partial charge in [-0.05, 0) is 67.6 Å². The van der Waals surface area contributed by atoms with Gasteiger partial charge in [-0.25, -0.2) is 22.6 Å². The van der Waals surface area contributed by atoms with Crippen LogP contribution in [0.1, 0.15) is 43.5 Å². The first kappa shape index (κ1) is 41.1. The summed E-state index contributed by atoms with van der Waals surface area (Å²) in [5.41, 5.74) is 6.74. The van der Waals surface area contributed by atoms with Crippen molar-refractivity contribution in [3.8, 4) is 11.5 Å². The number of hydrogen-bond acceptors (Lipinski definition) is 11. The van der Waals surface area contributed by atoms with Crippen LogP contribution in [0, 0.1) is 11.7 Å². The Hall–Kier alpha value is -5.65. The molecular weight excluding hydrogens is 740 g/mol. The number of sulfone groups is 1. The number of carbonyl (C=O) groups excluding carboxylic acids is 2. The highest BCUT2D eigenvalue weighted by atomic mass is 32.2. The fourth-order valence-corrected chi connectivity index (χ4v) is 7.34. The second-order valence-electron chi connectivity index (χ2n) is 12.3. The molecule has 4 N–H and O–H groups in total. The molecule has 3 aromatic carbocycles. The predicted molar refractivity (Wildman–Crippen MR) is 189 cm³/mol. The first-order valence-corrected chi connectivity index (χ1v) is 17.7. The summed E-state index contributed by atoms with van der Waals surface area (Å²) in [5, 5.41) is 11.0. The fourth-order valence-electron chi connectivity index (χ4n) is 6.05. The van der Waals surface area contributed by atoms with Crippen LogP contribution in [-0.4, -0.2) is 80.6 Å². The molecule has 1 aliphatic rings. The van der Waals surface area contributed by atoms with Gasteiger partial charge in [0.2, 0.25) is 5.91 Å². The summed E-state index contributed by atoms with van der Waals surface area (Å²) in [6.07, 6.45) is -3.33. The van der Waals surface area contributed by atoms with Crippen molar-refractivity contribution in [2.24, 2.45) is 5.92 Å². The SMILES string of the molecule is COC(=O)[C@H]1CCN(C(=O)[C@H](Nc2ccc3c(N)nccc3c2)c2cc(OC)c(OC)cc2F)[C@H]1c1ccccc1S(=O)(=O)C(C)C.O=C(O)C(F)(F)F. The Kier molecular flexibility index (Phi) is 12.6. The van der Waals surface area contributed by atoms with Crippen molar-refractivity contribution in [3.63, 3.8) is 0 Å². The Morgan fingerprint density at radius 3 is 2.22 bits per heavy atom. The lowest BCUT2D eigenvalue weighted by Crippen LogP contribution is -2.40. The number of amides is 1. The third kappa shape index (κ3) is 8.59. The maximum absolute atomic E-state index is 15.9. The molecule has 54 heavy (non-hydrogen) atoms. The van der Waals surface area contributed by atoms with Gasteiger partial charge in [-0.15, -0.1) is 0 Å². The number of rotatable bonds is 10. The smallest absolute Gasteiger partial charge is 0.490 e. The molecule has 3 atom stereocenters. The molecule has 1 aromatic heterocycles. The maximum Gasteiger partial charge on any atom is 0.490 e. The van der Waals surface area contributed by atoms with Gasteiger partial charge in [0.1, 0.15) is 17.7 Å². The minimum Gasteiger partial charge on any atom is -0.493 e. The average molecular weight is 779 g/mol. The van der Waals surface area contributed by atoms with Crippen LogP contribution >= 0.6 is 0 Å². The van der Waals surface area contributed by atoms with Crippen LogP contribution in [0.25, 0.3) is 10.8 Å². The number of pyridine rings is 1. The highest BCUT2D eigenvalue weighted by Crippen LogP contribution is 2.44. The van der Waals surface area contributed by atoms with Crippen molar-refractivity contribution < 1.29 is 59.7 Å². The van der Waals surface area contributed by atoms with Crippen LogP contribution < -0.4 is 20.5 Å².